The fraction of sp³-hybridized carbons (Fsp3) is 0.391. The highest BCUT2D eigenvalue weighted by Crippen LogP contribution is 2.45. The number of methoxy groups -OCH3 is 3. The van der Waals surface area contributed by atoms with Crippen molar-refractivity contribution in [1.82, 2.24) is 4.90 Å². The molecule has 0 bridgehead atoms. The van der Waals surface area contributed by atoms with Crippen LogP contribution >= 0.6 is 0 Å². The summed E-state index contributed by atoms with van der Waals surface area (Å²) in [5, 5.41) is 0. The Morgan fingerprint density at radius 1 is 1.03 bits per heavy atom. The van der Waals surface area contributed by atoms with Gasteiger partial charge in [0.05, 0.1) is 26.7 Å². The molecule has 2 aromatic carbocycles. The zero-order valence-corrected chi connectivity index (χ0v) is 17.7. The van der Waals surface area contributed by atoms with Gasteiger partial charge in [0.2, 0.25) is 0 Å². The maximum absolute atomic E-state index is 12.6. The molecular formula is C23H27NO6. The minimum atomic E-state index is -0.909. The molecule has 2 atom stereocenters. The Morgan fingerprint density at radius 3 is 2.40 bits per heavy atom. The van der Waals surface area contributed by atoms with E-state index in [4.69, 9.17) is 18.9 Å². The number of likely N-dealkylation sites (tertiary alicyclic amines) is 1. The molecule has 0 radical (unpaired) electrons. The summed E-state index contributed by atoms with van der Waals surface area (Å²) in [6.07, 6.45) is -0.471. The first kappa shape index (κ1) is 21.5. The van der Waals surface area contributed by atoms with Crippen LogP contribution in [0, 0.1) is 5.41 Å². The standard InChI is InChI=1S/C23H27NO6/c1-23(21(25)28-3)15-24(22(26)29-4)13-18(23)17-10-11-19(27-2)20(12-17)30-14-16-8-6-5-7-9-16/h5-12,18H,13-15H2,1-4H3. The molecule has 0 aliphatic carbocycles. The largest absolute Gasteiger partial charge is 0.493 e. The first-order valence-corrected chi connectivity index (χ1v) is 9.69. The van der Waals surface area contributed by atoms with Crippen molar-refractivity contribution in [3.8, 4) is 11.5 Å². The van der Waals surface area contributed by atoms with E-state index in [1.807, 2.05) is 48.5 Å². The molecule has 2 unspecified atom stereocenters. The van der Waals surface area contributed by atoms with Gasteiger partial charge in [-0.15, -0.1) is 0 Å². The van der Waals surface area contributed by atoms with E-state index in [-0.39, 0.29) is 18.4 Å². The predicted octanol–water partition coefficient (Wildman–Crippen LogP) is 3.62. The van der Waals surface area contributed by atoms with Crippen LogP contribution in [0.15, 0.2) is 48.5 Å². The van der Waals surface area contributed by atoms with Crippen molar-refractivity contribution >= 4 is 12.1 Å². The van der Waals surface area contributed by atoms with Crippen LogP contribution < -0.4 is 9.47 Å². The van der Waals surface area contributed by atoms with Crippen LogP contribution in [0.3, 0.4) is 0 Å². The van der Waals surface area contributed by atoms with Crippen molar-refractivity contribution < 1.29 is 28.5 Å². The average molecular weight is 413 g/mol. The van der Waals surface area contributed by atoms with Crippen LogP contribution in [0.4, 0.5) is 4.79 Å². The number of carbonyl (C=O) groups is 2. The average Bonchev–Trinajstić information content (AvgIpc) is 3.15. The molecule has 0 spiro atoms. The highest BCUT2D eigenvalue weighted by atomic mass is 16.5. The Kier molecular flexibility index (Phi) is 6.50. The van der Waals surface area contributed by atoms with E-state index < -0.39 is 11.5 Å². The number of nitrogens with zero attached hydrogens (tertiary/aromatic N) is 1. The lowest BCUT2D eigenvalue weighted by Gasteiger charge is -2.28. The number of hydrogen-bond acceptors (Lipinski definition) is 6. The summed E-state index contributed by atoms with van der Waals surface area (Å²) in [4.78, 5) is 26.3. The van der Waals surface area contributed by atoms with Crippen molar-refractivity contribution in [1.29, 1.82) is 0 Å². The molecule has 2 aromatic rings. The summed E-state index contributed by atoms with van der Waals surface area (Å²) in [5.41, 5.74) is 0.981. The Labute approximate surface area is 176 Å². The molecule has 30 heavy (non-hydrogen) atoms. The van der Waals surface area contributed by atoms with Gasteiger partial charge in [0, 0.05) is 19.0 Å². The summed E-state index contributed by atoms with van der Waals surface area (Å²) < 4.78 is 21.4. The molecule has 1 amide bonds. The Hall–Kier alpha value is -3.22. The number of benzene rings is 2. The maximum Gasteiger partial charge on any atom is 0.409 e. The smallest absolute Gasteiger partial charge is 0.409 e. The van der Waals surface area contributed by atoms with Crippen LogP contribution in [0.2, 0.25) is 0 Å². The number of esters is 1. The second kappa shape index (κ2) is 9.07. The van der Waals surface area contributed by atoms with Crippen LogP contribution in [0.25, 0.3) is 0 Å². The van der Waals surface area contributed by atoms with E-state index in [0.29, 0.717) is 24.7 Å². The topological polar surface area (TPSA) is 74.3 Å². The molecule has 7 nitrogen and oxygen atoms in total. The van der Waals surface area contributed by atoms with Crippen molar-refractivity contribution in [2.75, 3.05) is 34.4 Å². The summed E-state index contributed by atoms with van der Waals surface area (Å²) >= 11 is 0. The first-order valence-electron chi connectivity index (χ1n) is 9.69. The highest BCUT2D eigenvalue weighted by molar-refractivity contribution is 5.81. The van der Waals surface area contributed by atoms with Gasteiger partial charge in [0.25, 0.3) is 0 Å². The quantitative estimate of drug-likeness (QED) is 0.674. The number of amides is 1. The fourth-order valence-electron chi connectivity index (χ4n) is 3.93. The maximum atomic E-state index is 12.6. The second-order valence-electron chi connectivity index (χ2n) is 7.50. The first-order chi connectivity index (χ1) is 14.4. The van der Waals surface area contributed by atoms with Gasteiger partial charge in [-0.3, -0.25) is 4.79 Å². The van der Waals surface area contributed by atoms with Gasteiger partial charge < -0.3 is 23.8 Å². The second-order valence-corrected chi connectivity index (χ2v) is 7.50. The van der Waals surface area contributed by atoms with Gasteiger partial charge in [0.1, 0.15) is 6.61 Å². The van der Waals surface area contributed by atoms with Crippen molar-refractivity contribution in [3.05, 3.63) is 59.7 Å². The predicted molar refractivity (Wildman–Crippen MR) is 111 cm³/mol. The molecule has 160 valence electrons. The summed E-state index contributed by atoms with van der Waals surface area (Å²) in [7, 11) is 4.26. The number of rotatable bonds is 6. The zero-order chi connectivity index (χ0) is 21.7. The van der Waals surface area contributed by atoms with Crippen LogP contribution in [-0.2, 0) is 20.9 Å². The number of ether oxygens (including phenoxy) is 4. The SMILES string of the molecule is COC(=O)N1CC(c2ccc(OC)c(OCc3ccccc3)c2)C(C)(C(=O)OC)C1. The third kappa shape index (κ3) is 4.20. The fourth-order valence-corrected chi connectivity index (χ4v) is 3.93. The van der Waals surface area contributed by atoms with E-state index in [1.54, 1.807) is 14.0 Å². The van der Waals surface area contributed by atoms with Gasteiger partial charge in [-0.2, -0.15) is 0 Å². The summed E-state index contributed by atoms with van der Waals surface area (Å²) in [6.45, 7) is 2.74. The van der Waals surface area contributed by atoms with Gasteiger partial charge in [-0.25, -0.2) is 4.79 Å². The van der Waals surface area contributed by atoms with E-state index in [1.165, 1.54) is 19.1 Å². The summed E-state index contributed by atoms with van der Waals surface area (Å²) in [6, 6.07) is 15.4. The van der Waals surface area contributed by atoms with Crippen LogP contribution in [0.1, 0.15) is 24.0 Å². The Morgan fingerprint density at radius 2 is 1.77 bits per heavy atom. The van der Waals surface area contributed by atoms with Crippen LogP contribution in [-0.4, -0.2) is 51.4 Å². The lowest BCUT2D eigenvalue weighted by atomic mass is 9.76. The molecular weight excluding hydrogens is 386 g/mol. The van der Waals surface area contributed by atoms with Crippen molar-refractivity contribution in [2.24, 2.45) is 5.41 Å². The third-order valence-electron chi connectivity index (χ3n) is 5.60. The summed E-state index contributed by atoms with van der Waals surface area (Å²) in [5.74, 6) is 0.510. The molecule has 0 N–H and O–H groups in total. The monoisotopic (exact) mass is 413 g/mol. The molecule has 1 aliphatic heterocycles. The van der Waals surface area contributed by atoms with Gasteiger partial charge in [0.15, 0.2) is 11.5 Å². The van der Waals surface area contributed by atoms with Crippen molar-refractivity contribution in [3.63, 3.8) is 0 Å². The third-order valence-corrected chi connectivity index (χ3v) is 5.60. The van der Waals surface area contributed by atoms with Gasteiger partial charge in [-0.05, 0) is 30.2 Å². The molecule has 1 aliphatic rings. The molecule has 1 heterocycles. The van der Waals surface area contributed by atoms with E-state index in [2.05, 4.69) is 0 Å². The van der Waals surface area contributed by atoms with E-state index in [0.717, 1.165) is 11.1 Å². The Balaban J connectivity index is 1.92. The van der Waals surface area contributed by atoms with E-state index >= 15 is 0 Å². The van der Waals surface area contributed by atoms with Crippen molar-refractivity contribution in [2.45, 2.75) is 19.4 Å². The molecule has 1 saturated heterocycles. The minimum absolute atomic E-state index is 0.212. The Bertz CT molecular complexity index is 900. The highest BCUT2D eigenvalue weighted by Gasteiger charge is 2.51. The van der Waals surface area contributed by atoms with Gasteiger partial charge in [-0.1, -0.05) is 36.4 Å². The van der Waals surface area contributed by atoms with Crippen LogP contribution in [0.5, 0.6) is 11.5 Å². The van der Waals surface area contributed by atoms with E-state index in [9.17, 15) is 9.59 Å². The number of carbonyl (C=O) groups excluding carboxylic acids is 2. The molecule has 7 heteroatoms. The molecule has 1 fully saturated rings. The molecule has 3 rings (SSSR count). The number of hydrogen-bond donors (Lipinski definition) is 0. The zero-order valence-electron chi connectivity index (χ0n) is 17.7. The normalized spacial score (nSPS) is 20.5. The lowest BCUT2D eigenvalue weighted by Crippen LogP contribution is -2.37. The van der Waals surface area contributed by atoms with Gasteiger partial charge >= 0.3 is 12.1 Å². The minimum Gasteiger partial charge on any atom is -0.493 e. The molecule has 0 saturated carbocycles. The lowest BCUT2D eigenvalue weighted by molar-refractivity contribution is -0.151. The molecule has 0 aromatic heterocycles.